The Bertz CT molecular complexity index is 776. The first-order chi connectivity index (χ1) is 10.5. The highest BCUT2D eigenvalue weighted by molar-refractivity contribution is 7.90. The van der Waals surface area contributed by atoms with E-state index in [2.05, 4.69) is 9.71 Å². The molecular formula is C14H16ClN3O2S2. The Hall–Kier alpha value is -1.15. The van der Waals surface area contributed by atoms with Crippen molar-refractivity contribution < 1.29 is 8.42 Å². The lowest BCUT2D eigenvalue weighted by molar-refractivity contribution is 0.575. The first-order valence-electron chi connectivity index (χ1n) is 6.89. The minimum absolute atomic E-state index is 0.384. The molecule has 2 heterocycles. The molecule has 0 bridgehead atoms. The topological polar surface area (TPSA) is 62.3 Å². The molecule has 3 rings (SSSR count). The van der Waals surface area contributed by atoms with Crippen LogP contribution in [0.25, 0.3) is 11.3 Å². The summed E-state index contributed by atoms with van der Waals surface area (Å²) < 4.78 is 26.2. The van der Waals surface area contributed by atoms with Gasteiger partial charge in [-0.1, -0.05) is 29.8 Å². The fourth-order valence-electron chi connectivity index (χ4n) is 2.52. The van der Waals surface area contributed by atoms with Gasteiger partial charge in [-0.2, -0.15) is 0 Å². The molecule has 1 aromatic carbocycles. The molecule has 1 aliphatic rings. The summed E-state index contributed by atoms with van der Waals surface area (Å²) in [6.07, 6.45) is 0.615. The lowest BCUT2D eigenvalue weighted by Crippen LogP contribution is -2.34. The Balaban J connectivity index is 1.80. The molecule has 0 saturated carbocycles. The third-order valence-electron chi connectivity index (χ3n) is 3.78. The van der Waals surface area contributed by atoms with Gasteiger partial charge in [0.15, 0.2) is 5.13 Å². The van der Waals surface area contributed by atoms with Crippen molar-refractivity contribution in [1.29, 1.82) is 0 Å². The lowest BCUT2D eigenvalue weighted by atomic mass is 10.2. The number of sulfonamides is 1. The Labute approximate surface area is 139 Å². The minimum atomic E-state index is -3.23. The summed E-state index contributed by atoms with van der Waals surface area (Å²) >= 11 is 7.70. The lowest BCUT2D eigenvalue weighted by Gasteiger charge is -2.14. The Kier molecular flexibility index (Phi) is 4.40. The van der Waals surface area contributed by atoms with Crippen LogP contribution in [0.4, 0.5) is 5.13 Å². The number of rotatable bonds is 4. The average Bonchev–Trinajstić information content (AvgIpc) is 3.17. The molecule has 0 spiro atoms. The SMILES string of the molecule is CNS(=O)(=O)C1CCN(c2nc(-c3ccccc3Cl)cs2)C1. The Morgan fingerprint density at radius 2 is 2.18 bits per heavy atom. The first-order valence-corrected chi connectivity index (χ1v) is 9.69. The van der Waals surface area contributed by atoms with Crippen LogP contribution >= 0.6 is 22.9 Å². The molecule has 1 fully saturated rings. The van der Waals surface area contributed by atoms with Gasteiger partial charge in [0.05, 0.1) is 10.9 Å². The first kappa shape index (κ1) is 15.7. The maximum absolute atomic E-state index is 11.9. The van der Waals surface area contributed by atoms with Gasteiger partial charge in [-0.05, 0) is 19.5 Å². The number of halogens is 1. The van der Waals surface area contributed by atoms with E-state index in [1.165, 1.54) is 18.4 Å². The van der Waals surface area contributed by atoms with Gasteiger partial charge in [-0.3, -0.25) is 0 Å². The fraction of sp³-hybridized carbons (Fsp3) is 0.357. The van der Waals surface area contributed by atoms with Gasteiger partial charge in [0.25, 0.3) is 0 Å². The van der Waals surface area contributed by atoms with Gasteiger partial charge in [-0.15, -0.1) is 11.3 Å². The van der Waals surface area contributed by atoms with Gasteiger partial charge in [0.1, 0.15) is 0 Å². The Morgan fingerprint density at radius 1 is 1.41 bits per heavy atom. The molecule has 5 nitrogen and oxygen atoms in total. The van der Waals surface area contributed by atoms with Crippen molar-refractivity contribution in [2.45, 2.75) is 11.7 Å². The summed E-state index contributed by atoms with van der Waals surface area (Å²) in [7, 11) is -1.77. The number of nitrogens with one attached hydrogen (secondary N) is 1. The number of anilines is 1. The van der Waals surface area contributed by atoms with Crippen LogP contribution in [-0.4, -0.2) is 38.8 Å². The smallest absolute Gasteiger partial charge is 0.216 e. The molecule has 1 aliphatic heterocycles. The van der Waals surface area contributed by atoms with E-state index >= 15 is 0 Å². The van der Waals surface area contributed by atoms with Crippen LogP contribution < -0.4 is 9.62 Å². The van der Waals surface area contributed by atoms with Crippen LogP contribution in [-0.2, 0) is 10.0 Å². The number of benzene rings is 1. The van der Waals surface area contributed by atoms with Crippen molar-refractivity contribution in [1.82, 2.24) is 9.71 Å². The summed E-state index contributed by atoms with van der Waals surface area (Å²) in [6, 6.07) is 7.57. The monoisotopic (exact) mass is 357 g/mol. The van der Waals surface area contributed by atoms with E-state index in [-0.39, 0.29) is 5.25 Å². The maximum Gasteiger partial charge on any atom is 0.216 e. The van der Waals surface area contributed by atoms with E-state index in [4.69, 9.17) is 11.6 Å². The van der Waals surface area contributed by atoms with Gasteiger partial charge in [-0.25, -0.2) is 18.1 Å². The van der Waals surface area contributed by atoms with Crippen molar-refractivity contribution in [3.05, 3.63) is 34.7 Å². The largest absolute Gasteiger partial charge is 0.347 e. The quantitative estimate of drug-likeness (QED) is 0.913. The highest BCUT2D eigenvalue weighted by Gasteiger charge is 2.33. The zero-order chi connectivity index (χ0) is 15.7. The predicted octanol–water partition coefficient (Wildman–Crippen LogP) is 2.59. The molecule has 118 valence electrons. The van der Waals surface area contributed by atoms with Crippen LogP contribution in [0.3, 0.4) is 0 Å². The third kappa shape index (κ3) is 2.99. The van der Waals surface area contributed by atoms with Gasteiger partial charge in [0, 0.05) is 29.1 Å². The number of hydrogen-bond donors (Lipinski definition) is 1. The third-order valence-corrected chi connectivity index (χ3v) is 6.84. The molecule has 1 N–H and O–H groups in total. The molecule has 2 aromatic rings. The molecule has 22 heavy (non-hydrogen) atoms. The maximum atomic E-state index is 11.9. The van der Waals surface area contributed by atoms with E-state index in [0.29, 0.717) is 24.5 Å². The van der Waals surface area contributed by atoms with Crippen molar-refractivity contribution in [2.75, 3.05) is 25.0 Å². The molecule has 1 atom stereocenters. The second-order valence-electron chi connectivity index (χ2n) is 5.10. The van der Waals surface area contributed by atoms with Crippen molar-refractivity contribution in [3.8, 4) is 11.3 Å². The second-order valence-corrected chi connectivity index (χ2v) is 8.51. The van der Waals surface area contributed by atoms with E-state index in [1.807, 2.05) is 34.5 Å². The van der Waals surface area contributed by atoms with Crippen LogP contribution in [0.5, 0.6) is 0 Å². The van der Waals surface area contributed by atoms with Crippen molar-refractivity contribution in [3.63, 3.8) is 0 Å². The summed E-state index contributed by atoms with van der Waals surface area (Å²) in [5, 5.41) is 3.07. The van der Waals surface area contributed by atoms with E-state index in [1.54, 1.807) is 0 Å². The summed E-state index contributed by atoms with van der Waals surface area (Å²) in [4.78, 5) is 6.63. The molecule has 1 saturated heterocycles. The molecule has 0 amide bonds. The normalized spacial score (nSPS) is 18.8. The standard InChI is InChI=1S/C14H16ClN3O2S2/c1-16-22(19,20)10-6-7-18(8-10)14-17-13(9-21-14)11-4-2-3-5-12(11)15/h2-5,9-10,16H,6-8H2,1H3. The predicted molar refractivity (Wildman–Crippen MR) is 91.2 cm³/mol. The molecule has 0 radical (unpaired) electrons. The fourth-order valence-corrected chi connectivity index (χ4v) is 4.74. The number of aromatic nitrogens is 1. The van der Waals surface area contributed by atoms with Crippen LogP contribution in [0, 0.1) is 0 Å². The van der Waals surface area contributed by atoms with E-state index in [9.17, 15) is 8.42 Å². The number of hydrogen-bond acceptors (Lipinski definition) is 5. The zero-order valence-electron chi connectivity index (χ0n) is 12.0. The van der Waals surface area contributed by atoms with E-state index < -0.39 is 10.0 Å². The molecule has 1 unspecified atom stereocenters. The Morgan fingerprint density at radius 3 is 2.91 bits per heavy atom. The van der Waals surface area contributed by atoms with Gasteiger partial charge < -0.3 is 4.90 Å². The van der Waals surface area contributed by atoms with Crippen LogP contribution in [0.1, 0.15) is 6.42 Å². The highest BCUT2D eigenvalue weighted by atomic mass is 35.5. The van der Waals surface area contributed by atoms with E-state index in [0.717, 1.165) is 16.4 Å². The molecule has 0 aliphatic carbocycles. The highest BCUT2D eigenvalue weighted by Crippen LogP contribution is 2.33. The van der Waals surface area contributed by atoms with Crippen LogP contribution in [0.2, 0.25) is 5.02 Å². The zero-order valence-corrected chi connectivity index (χ0v) is 14.4. The van der Waals surface area contributed by atoms with Gasteiger partial charge in [0.2, 0.25) is 10.0 Å². The molecular weight excluding hydrogens is 342 g/mol. The second kappa shape index (κ2) is 6.16. The summed E-state index contributed by atoms with van der Waals surface area (Å²) in [5.41, 5.74) is 1.72. The number of thiazole rings is 1. The molecule has 8 heteroatoms. The minimum Gasteiger partial charge on any atom is -0.347 e. The van der Waals surface area contributed by atoms with Crippen LogP contribution in [0.15, 0.2) is 29.6 Å². The van der Waals surface area contributed by atoms with Crippen molar-refractivity contribution >= 4 is 38.1 Å². The summed E-state index contributed by atoms with van der Waals surface area (Å²) in [6.45, 7) is 1.17. The van der Waals surface area contributed by atoms with Crippen molar-refractivity contribution in [2.24, 2.45) is 0 Å². The average molecular weight is 358 g/mol. The molecule has 1 aromatic heterocycles. The van der Waals surface area contributed by atoms with Gasteiger partial charge >= 0.3 is 0 Å². The number of nitrogens with zero attached hydrogens (tertiary/aromatic N) is 2. The summed E-state index contributed by atoms with van der Waals surface area (Å²) in [5.74, 6) is 0.